The first-order valence-electron chi connectivity index (χ1n) is 17.7. The Morgan fingerprint density at radius 1 is 0.509 bits per heavy atom. The normalized spacial score (nSPS) is 12.2. The number of aromatic nitrogens is 3. The molecule has 0 amide bonds. The molecular formula is C47H27N3O3. The molecule has 53 heavy (non-hydrogen) atoms. The first-order valence-corrected chi connectivity index (χ1v) is 17.7. The summed E-state index contributed by atoms with van der Waals surface area (Å²) >= 11 is 0. The van der Waals surface area contributed by atoms with Crippen molar-refractivity contribution in [2.24, 2.45) is 0 Å². The highest BCUT2D eigenvalue weighted by atomic mass is 16.5. The maximum atomic E-state index is 7.10. The maximum absolute atomic E-state index is 7.10. The molecule has 0 fully saturated rings. The van der Waals surface area contributed by atoms with Crippen molar-refractivity contribution < 1.29 is 13.6 Å². The van der Waals surface area contributed by atoms with Gasteiger partial charge < -0.3 is 13.6 Å². The molecule has 0 aliphatic heterocycles. The van der Waals surface area contributed by atoms with E-state index in [4.69, 9.17) is 23.5 Å². The number of ether oxygens (including phenoxy) is 1. The molecule has 12 aromatic rings. The Labute approximate surface area is 301 Å². The van der Waals surface area contributed by atoms with Crippen LogP contribution in [0.4, 0.5) is 0 Å². The first-order chi connectivity index (χ1) is 26.2. The average molecular weight is 682 g/mol. The summed E-state index contributed by atoms with van der Waals surface area (Å²) in [5.74, 6) is 1.45. The molecule has 0 aliphatic rings. The molecule has 0 aliphatic carbocycles. The topological polar surface area (TPSA) is 66.2 Å². The number of hydrogen-bond acceptors (Lipinski definition) is 5. The van der Waals surface area contributed by atoms with E-state index < -0.39 is 0 Å². The molecule has 0 N–H and O–H groups in total. The van der Waals surface area contributed by atoms with Gasteiger partial charge >= 0.3 is 0 Å². The highest BCUT2D eigenvalue weighted by molar-refractivity contribution is 6.39. The Morgan fingerprint density at radius 3 is 1.91 bits per heavy atom. The Hall–Kier alpha value is -7.18. The van der Waals surface area contributed by atoms with Gasteiger partial charge in [-0.2, -0.15) is 0 Å². The van der Waals surface area contributed by atoms with Crippen LogP contribution in [0.25, 0.3) is 115 Å². The minimum atomic E-state index is 0.484. The van der Waals surface area contributed by atoms with Crippen molar-refractivity contribution in [3.63, 3.8) is 0 Å². The Morgan fingerprint density at radius 2 is 1.15 bits per heavy atom. The third kappa shape index (κ3) is 3.81. The highest BCUT2D eigenvalue weighted by Crippen LogP contribution is 2.49. The van der Waals surface area contributed by atoms with Crippen LogP contribution in [0.15, 0.2) is 154 Å². The van der Waals surface area contributed by atoms with Gasteiger partial charge in [-0.1, -0.05) is 97.1 Å². The second-order valence-corrected chi connectivity index (χ2v) is 13.6. The fourth-order valence-electron chi connectivity index (χ4n) is 8.58. The molecule has 6 heteroatoms. The van der Waals surface area contributed by atoms with E-state index in [1.165, 1.54) is 5.39 Å². The van der Waals surface area contributed by atoms with Crippen LogP contribution in [0.5, 0.6) is 5.75 Å². The molecule has 0 atom stereocenters. The van der Waals surface area contributed by atoms with E-state index in [2.05, 4.69) is 102 Å². The third-order valence-electron chi connectivity index (χ3n) is 10.9. The van der Waals surface area contributed by atoms with Gasteiger partial charge in [0.25, 0.3) is 0 Å². The lowest BCUT2D eigenvalue weighted by Crippen LogP contribution is -2.03. The second-order valence-electron chi connectivity index (χ2n) is 13.6. The zero-order valence-corrected chi connectivity index (χ0v) is 28.4. The fraction of sp³-hybridized carbons (Fsp3) is 0.0213. The van der Waals surface area contributed by atoms with Gasteiger partial charge in [0.2, 0.25) is 5.71 Å². The van der Waals surface area contributed by atoms with Crippen molar-refractivity contribution in [1.82, 2.24) is 14.5 Å². The molecule has 0 bridgehead atoms. The minimum absolute atomic E-state index is 0.484. The van der Waals surface area contributed by atoms with E-state index in [0.717, 1.165) is 93.0 Å². The van der Waals surface area contributed by atoms with Gasteiger partial charge in [-0.25, -0.2) is 9.97 Å². The van der Waals surface area contributed by atoms with Crippen LogP contribution in [0, 0.1) is 0 Å². The van der Waals surface area contributed by atoms with Crippen LogP contribution < -0.4 is 4.74 Å². The summed E-state index contributed by atoms with van der Waals surface area (Å²) in [4.78, 5) is 10.8. The molecule has 0 saturated heterocycles. The molecule has 8 aromatic carbocycles. The Bertz CT molecular complexity index is 3500. The number of fused-ring (bicyclic) bond motifs is 17. The monoisotopic (exact) mass is 681 g/mol. The van der Waals surface area contributed by atoms with Crippen LogP contribution in [0.3, 0.4) is 0 Å². The standard InChI is InChI=1S/C47H27N3O3/c1-51-29-22-18-28(19-23-29)42-46(48-43-34-16-8-9-17-36(34)53-47(43)49-42)50-35-24-20-26-10-2-4-12-30(26)38(35)40-32-14-6-7-15-33(32)41-39-31-13-5-3-11-27(31)21-25-37(39)52-45(41)44(40)50/h2-25H,1H3. The molecule has 6 nitrogen and oxygen atoms in total. The zero-order valence-electron chi connectivity index (χ0n) is 28.4. The molecule has 4 aromatic heterocycles. The third-order valence-corrected chi connectivity index (χ3v) is 10.9. The van der Waals surface area contributed by atoms with Gasteiger partial charge in [-0.15, -0.1) is 0 Å². The van der Waals surface area contributed by atoms with E-state index in [9.17, 15) is 0 Å². The smallest absolute Gasteiger partial charge is 0.247 e. The molecular weight excluding hydrogens is 655 g/mol. The SMILES string of the molecule is COc1ccc(-c2nc3oc4ccccc4c3nc2-n2c3ccc4ccccc4c3c3c4ccccc4c4c(oc5ccc6ccccc6c54)c32)cc1. The van der Waals surface area contributed by atoms with Crippen molar-refractivity contribution in [1.29, 1.82) is 0 Å². The van der Waals surface area contributed by atoms with Gasteiger partial charge in [0.15, 0.2) is 11.4 Å². The molecule has 0 radical (unpaired) electrons. The summed E-state index contributed by atoms with van der Waals surface area (Å²) in [5.41, 5.74) is 7.12. The van der Waals surface area contributed by atoms with Crippen LogP contribution in [-0.4, -0.2) is 21.6 Å². The Kier molecular flexibility index (Phi) is 5.61. The summed E-state index contributed by atoms with van der Waals surface area (Å²) in [6.45, 7) is 0. The summed E-state index contributed by atoms with van der Waals surface area (Å²) in [6, 6.07) is 50.5. The van der Waals surface area contributed by atoms with E-state index >= 15 is 0 Å². The number of methoxy groups -OCH3 is 1. The van der Waals surface area contributed by atoms with E-state index in [-0.39, 0.29) is 0 Å². The van der Waals surface area contributed by atoms with E-state index in [1.807, 2.05) is 48.5 Å². The minimum Gasteiger partial charge on any atom is -0.497 e. The predicted octanol–water partition coefficient (Wildman–Crippen LogP) is 12.5. The van der Waals surface area contributed by atoms with E-state index in [0.29, 0.717) is 22.7 Å². The molecule has 248 valence electrons. The largest absolute Gasteiger partial charge is 0.497 e. The molecule has 0 spiro atoms. The average Bonchev–Trinajstić information content (AvgIpc) is 3.90. The highest BCUT2D eigenvalue weighted by Gasteiger charge is 2.28. The van der Waals surface area contributed by atoms with E-state index in [1.54, 1.807) is 7.11 Å². The van der Waals surface area contributed by atoms with Crippen molar-refractivity contribution in [3.05, 3.63) is 146 Å². The molecule has 0 saturated carbocycles. The summed E-state index contributed by atoms with van der Waals surface area (Å²) in [7, 11) is 1.68. The van der Waals surface area contributed by atoms with Crippen LogP contribution in [0.1, 0.15) is 0 Å². The summed E-state index contributed by atoms with van der Waals surface area (Å²) in [5, 5.41) is 12.3. The van der Waals surface area contributed by atoms with Gasteiger partial charge in [0, 0.05) is 32.5 Å². The van der Waals surface area contributed by atoms with Gasteiger partial charge in [-0.05, 0) is 80.8 Å². The van der Waals surface area contributed by atoms with Crippen molar-refractivity contribution >= 4 is 98.3 Å². The maximum Gasteiger partial charge on any atom is 0.247 e. The first kappa shape index (κ1) is 28.5. The van der Waals surface area contributed by atoms with Crippen molar-refractivity contribution in [2.75, 3.05) is 7.11 Å². The van der Waals surface area contributed by atoms with Gasteiger partial charge in [0.05, 0.1) is 18.1 Å². The van der Waals surface area contributed by atoms with Crippen molar-refractivity contribution in [2.45, 2.75) is 0 Å². The van der Waals surface area contributed by atoms with Crippen LogP contribution in [0.2, 0.25) is 0 Å². The number of furan rings is 2. The molecule has 4 heterocycles. The summed E-state index contributed by atoms with van der Waals surface area (Å²) < 4.78 is 21.3. The zero-order chi connectivity index (χ0) is 34.8. The number of benzene rings is 8. The number of hydrogen-bond donors (Lipinski definition) is 0. The Balaban J connectivity index is 1.37. The lowest BCUT2D eigenvalue weighted by Gasteiger charge is -2.13. The lowest BCUT2D eigenvalue weighted by molar-refractivity contribution is 0.415. The number of rotatable bonds is 3. The van der Waals surface area contributed by atoms with Crippen LogP contribution >= 0.6 is 0 Å². The van der Waals surface area contributed by atoms with Crippen molar-refractivity contribution in [3.8, 4) is 22.8 Å². The fourth-order valence-corrected chi connectivity index (χ4v) is 8.58. The number of nitrogens with zero attached hydrogens (tertiary/aromatic N) is 3. The second kappa shape index (κ2) is 10.4. The molecule has 12 rings (SSSR count). The predicted molar refractivity (Wildman–Crippen MR) is 215 cm³/mol. The quantitative estimate of drug-likeness (QED) is 0.186. The summed E-state index contributed by atoms with van der Waals surface area (Å²) in [6.07, 6.45) is 0. The van der Waals surface area contributed by atoms with Gasteiger partial charge in [-0.3, -0.25) is 4.57 Å². The number of para-hydroxylation sites is 1. The van der Waals surface area contributed by atoms with Crippen LogP contribution in [-0.2, 0) is 0 Å². The van der Waals surface area contributed by atoms with Gasteiger partial charge in [0.1, 0.15) is 28.1 Å². The molecule has 0 unspecified atom stereocenters. The lowest BCUT2D eigenvalue weighted by atomic mass is 9.95.